The summed E-state index contributed by atoms with van der Waals surface area (Å²) in [6.07, 6.45) is 5.85. The molecule has 1 saturated heterocycles. The molecule has 0 radical (unpaired) electrons. The Morgan fingerprint density at radius 3 is 2.30 bits per heavy atom. The van der Waals surface area contributed by atoms with Crippen molar-refractivity contribution < 1.29 is 9.59 Å². The molecule has 1 unspecified atom stereocenters. The fourth-order valence-electron chi connectivity index (χ4n) is 4.28. The molecular weight excluding hydrogens is 252 g/mol. The van der Waals surface area contributed by atoms with Gasteiger partial charge in [0.25, 0.3) is 0 Å². The van der Waals surface area contributed by atoms with Crippen molar-refractivity contribution in [3.63, 3.8) is 0 Å². The molecule has 0 aromatic heterocycles. The summed E-state index contributed by atoms with van der Waals surface area (Å²) in [5, 5.41) is 3.09. The summed E-state index contributed by atoms with van der Waals surface area (Å²) >= 11 is 0. The molecule has 1 heterocycles. The third-order valence-electron chi connectivity index (χ3n) is 5.41. The minimum Gasteiger partial charge on any atom is -0.340 e. The van der Waals surface area contributed by atoms with E-state index in [1.807, 2.05) is 18.7 Å². The first-order valence-corrected chi connectivity index (χ1v) is 8.09. The molecule has 4 heteroatoms. The van der Waals surface area contributed by atoms with Gasteiger partial charge in [0, 0.05) is 6.04 Å². The van der Waals surface area contributed by atoms with Crippen molar-refractivity contribution in [3.05, 3.63) is 0 Å². The average molecular weight is 278 g/mol. The Hall–Kier alpha value is -1.06. The van der Waals surface area contributed by atoms with Gasteiger partial charge in [0.15, 0.2) is 0 Å². The maximum absolute atomic E-state index is 13.1. The van der Waals surface area contributed by atoms with E-state index in [4.69, 9.17) is 0 Å². The highest BCUT2D eigenvalue weighted by molar-refractivity contribution is 6.00. The lowest BCUT2D eigenvalue weighted by atomic mass is 9.77. The molecule has 1 atom stereocenters. The fraction of sp³-hybridized carbons (Fsp3) is 0.875. The number of nitrogens with one attached hydrogen (secondary N) is 1. The first-order chi connectivity index (χ1) is 9.44. The standard InChI is InChI=1S/C16H26N2O2/c1-10(2)13-14(19)17-16(6-4-5-7-16)15(20)18(13)12-8-11(3)9-12/h10-13H,4-9H2,1-3H3,(H,17,19). The topological polar surface area (TPSA) is 49.4 Å². The minimum atomic E-state index is -0.568. The van der Waals surface area contributed by atoms with Crippen molar-refractivity contribution in [2.24, 2.45) is 11.8 Å². The van der Waals surface area contributed by atoms with Gasteiger partial charge in [0.2, 0.25) is 11.8 Å². The summed E-state index contributed by atoms with van der Waals surface area (Å²) in [6, 6.07) is 0.0136. The molecule has 0 aromatic carbocycles. The molecule has 2 amide bonds. The fourth-order valence-corrected chi connectivity index (χ4v) is 4.28. The van der Waals surface area contributed by atoms with Crippen LogP contribution >= 0.6 is 0 Å². The molecule has 2 saturated carbocycles. The molecule has 1 aliphatic heterocycles. The molecule has 20 heavy (non-hydrogen) atoms. The van der Waals surface area contributed by atoms with Crippen molar-refractivity contribution in [3.8, 4) is 0 Å². The smallest absolute Gasteiger partial charge is 0.249 e. The first kappa shape index (κ1) is 13.9. The van der Waals surface area contributed by atoms with Crippen LogP contribution in [0.4, 0.5) is 0 Å². The van der Waals surface area contributed by atoms with Crippen molar-refractivity contribution in [1.29, 1.82) is 0 Å². The van der Waals surface area contributed by atoms with Crippen LogP contribution in [0.3, 0.4) is 0 Å². The predicted octanol–water partition coefficient (Wildman–Crippen LogP) is 2.08. The average Bonchev–Trinajstić information content (AvgIpc) is 2.79. The van der Waals surface area contributed by atoms with E-state index in [1.54, 1.807) is 0 Å². The van der Waals surface area contributed by atoms with E-state index in [9.17, 15) is 9.59 Å². The van der Waals surface area contributed by atoms with Crippen LogP contribution in [0.25, 0.3) is 0 Å². The van der Waals surface area contributed by atoms with Gasteiger partial charge in [-0.3, -0.25) is 9.59 Å². The predicted molar refractivity (Wildman–Crippen MR) is 77.0 cm³/mol. The van der Waals surface area contributed by atoms with Gasteiger partial charge < -0.3 is 10.2 Å². The number of piperazine rings is 1. The van der Waals surface area contributed by atoms with Crippen LogP contribution in [0, 0.1) is 11.8 Å². The molecule has 0 aromatic rings. The van der Waals surface area contributed by atoms with E-state index in [0.29, 0.717) is 5.92 Å². The normalized spacial score (nSPS) is 36.4. The van der Waals surface area contributed by atoms with Crippen LogP contribution in [0.1, 0.15) is 59.3 Å². The van der Waals surface area contributed by atoms with Gasteiger partial charge in [0.05, 0.1) is 0 Å². The largest absolute Gasteiger partial charge is 0.340 e. The molecule has 0 bridgehead atoms. The van der Waals surface area contributed by atoms with Gasteiger partial charge in [-0.25, -0.2) is 0 Å². The number of hydrogen-bond donors (Lipinski definition) is 1. The monoisotopic (exact) mass is 278 g/mol. The molecule has 4 nitrogen and oxygen atoms in total. The quantitative estimate of drug-likeness (QED) is 0.840. The zero-order valence-electron chi connectivity index (χ0n) is 12.8. The van der Waals surface area contributed by atoms with Gasteiger partial charge >= 0.3 is 0 Å². The van der Waals surface area contributed by atoms with Gasteiger partial charge in [-0.2, -0.15) is 0 Å². The Labute approximate surface area is 121 Å². The SMILES string of the molecule is CC1CC(N2C(=O)C3(CCCC3)NC(=O)C2C(C)C)C1. The number of nitrogens with zero attached hydrogens (tertiary/aromatic N) is 1. The second-order valence-corrected chi connectivity index (χ2v) is 7.41. The maximum atomic E-state index is 13.1. The molecular formula is C16H26N2O2. The van der Waals surface area contributed by atoms with Crippen LogP contribution in [0.15, 0.2) is 0 Å². The van der Waals surface area contributed by atoms with E-state index in [0.717, 1.165) is 38.5 Å². The summed E-state index contributed by atoms with van der Waals surface area (Å²) in [4.78, 5) is 27.6. The zero-order chi connectivity index (χ0) is 14.5. The van der Waals surface area contributed by atoms with Crippen LogP contribution in [-0.2, 0) is 9.59 Å². The summed E-state index contributed by atoms with van der Waals surface area (Å²) in [6.45, 7) is 6.30. The van der Waals surface area contributed by atoms with Crippen LogP contribution in [-0.4, -0.2) is 34.3 Å². The van der Waals surface area contributed by atoms with Crippen LogP contribution in [0.5, 0.6) is 0 Å². The van der Waals surface area contributed by atoms with Crippen molar-refractivity contribution in [1.82, 2.24) is 10.2 Å². The van der Waals surface area contributed by atoms with Gasteiger partial charge in [-0.1, -0.05) is 33.6 Å². The van der Waals surface area contributed by atoms with Crippen molar-refractivity contribution >= 4 is 11.8 Å². The van der Waals surface area contributed by atoms with E-state index >= 15 is 0 Å². The minimum absolute atomic E-state index is 0.0704. The molecule has 3 aliphatic rings. The summed E-state index contributed by atoms with van der Waals surface area (Å²) in [7, 11) is 0. The molecule has 112 valence electrons. The number of carbonyl (C=O) groups excluding carboxylic acids is 2. The lowest BCUT2D eigenvalue weighted by Gasteiger charge is -2.52. The highest BCUT2D eigenvalue weighted by atomic mass is 16.2. The Morgan fingerprint density at radius 1 is 1.20 bits per heavy atom. The van der Waals surface area contributed by atoms with Gasteiger partial charge in [-0.05, 0) is 37.5 Å². The third kappa shape index (κ3) is 1.95. The Bertz CT molecular complexity index is 420. The first-order valence-electron chi connectivity index (χ1n) is 8.09. The number of amides is 2. The zero-order valence-corrected chi connectivity index (χ0v) is 12.8. The van der Waals surface area contributed by atoms with Crippen LogP contribution < -0.4 is 5.32 Å². The second-order valence-electron chi connectivity index (χ2n) is 7.41. The second kappa shape index (κ2) is 4.74. The van der Waals surface area contributed by atoms with Crippen molar-refractivity contribution in [2.45, 2.75) is 76.9 Å². The van der Waals surface area contributed by atoms with Gasteiger partial charge in [0.1, 0.15) is 11.6 Å². The molecule has 2 aliphatic carbocycles. The lowest BCUT2D eigenvalue weighted by Crippen LogP contribution is -2.73. The van der Waals surface area contributed by atoms with E-state index in [-0.39, 0.29) is 29.8 Å². The molecule has 3 fully saturated rings. The Morgan fingerprint density at radius 2 is 1.80 bits per heavy atom. The molecule has 1 spiro atoms. The third-order valence-corrected chi connectivity index (χ3v) is 5.41. The van der Waals surface area contributed by atoms with Crippen LogP contribution in [0.2, 0.25) is 0 Å². The number of rotatable bonds is 2. The summed E-state index contributed by atoms with van der Waals surface area (Å²) < 4.78 is 0. The van der Waals surface area contributed by atoms with E-state index in [2.05, 4.69) is 12.2 Å². The number of hydrogen-bond acceptors (Lipinski definition) is 2. The Balaban J connectivity index is 1.91. The molecule has 1 N–H and O–H groups in total. The van der Waals surface area contributed by atoms with Gasteiger partial charge in [-0.15, -0.1) is 0 Å². The lowest BCUT2D eigenvalue weighted by molar-refractivity contribution is -0.163. The highest BCUT2D eigenvalue weighted by Gasteiger charge is 2.55. The maximum Gasteiger partial charge on any atom is 0.249 e. The Kier molecular flexibility index (Phi) is 3.30. The number of carbonyl (C=O) groups is 2. The summed E-state index contributed by atoms with van der Waals surface area (Å²) in [5.74, 6) is 1.13. The summed E-state index contributed by atoms with van der Waals surface area (Å²) in [5.41, 5.74) is -0.568. The van der Waals surface area contributed by atoms with Crippen molar-refractivity contribution in [2.75, 3.05) is 0 Å². The van der Waals surface area contributed by atoms with E-state index in [1.165, 1.54) is 0 Å². The highest BCUT2D eigenvalue weighted by Crippen LogP contribution is 2.41. The molecule has 3 rings (SSSR count). The van der Waals surface area contributed by atoms with E-state index < -0.39 is 5.54 Å².